The van der Waals surface area contributed by atoms with Gasteiger partial charge in [-0.15, -0.1) is 0 Å². The van der Waals surface area contributed by atoms with Crippen LogP contribution in [0.4, 0.5) is 0 Å². The molecule has 1 aliphatic heterocycles. The Morgan fingerprint density at radius 3 is 2.84 bits per heavy atom. The Bertz CT molecular complexity index is 779. The summed E-state index contributed by atoms with van der Waals surface area (Å²) in [6, 6.07) is 7.50. The van der Waals surface area contributed by atoms with E-state index in [9.17, 15) is 4.79 Å². The van der Waals surface area contributed by atoms with E-state index < -0.39 is 5.41 Å². The molecule has 4 rings (SSSR count). The first-order valence-electron chi connectivity index (χ1n) is 8.88. The summed E-state index contributed by atoms with van der Waals surface area (Å²) in [4.78, 5) is 12.6. The number of amides is 1. The van der Waals surface area contributed by atoms with Crippen LogP contribution in [-0.4, -0.2) is 24.4 Å². The second kappa shape index (κ2) is 6.43. The standard InChI is InChI=1S/C19H22N2O4/c1-2-3-4-9-20-18(22)19(7-8-19)17-11-15(25-21-17)13-5-6-14-16(10-13)24-12-23-14/h5-6,10-11H,2-4,7-9,12H2,1H3,(H,20,22). The minimum absolute atomic E-state index is 0.0640. The molecule has 132 valence electrons. The third kappa shape index (κ3) is 2.97. The van der Waals surface area contributed by atoms with Gasteiger partial charge in [0.25, 0.3) is 0 Å². The molecule has 2 aliphatic rings. The summed E-state index contributed by atoms with van der Waals surface area (Å²) in [5.74, 6) is 2.13. The number of unbranched alkanes of at least 4 members (excludes halogenated alkanes) is 2. The highest BCUT2D eigenvalue weighted by Gasteiger charge is 2.53. The fourth-order valence-corrected chi connectivity index (χ4v) is 3.16. The number of nitrogens with zero attached hydrogens (tertiary/aromatic N) is 1. The maximum Gasteiger partial charge on any atom is 0.232 e. The number of nitrogens with one attached hydrogen (secondary N) is 1. The lowest BCUT2D eigenvalue weighted by molar-refractivity contribution is -0.123. The van der Waals surface area contributed by atoms with Gasteiger partial charge in [0.2, 0.25) is 12.7 Å². The monoisotopic (exact) mass is 342 g/mol. The topological polar surface area (TPSA) is 73.6 Å². The predicted octanol–water partition coefficient (Wildman–Crippen LogP) is 3.41. The first-order chi connectivity index (χ1) is 12.2. The van der Waals surface area contributed by atoms with Crippen LogP contribution in [0.2, 0.25) is 0 Å². The molecule has 1 aliphatic carbocycles. The van der Waals surface area contributed by atoms with Gasteiger partial charge in [0, 0.05) is 18.2 Å². The first-order valence-corrected chi connectivity index (χ1v) is 8.88. The molecule has 25 heavy (non-hydrogen) atoms. The lowest BCUT2D eigenvalue weighted by atomic mass is 10.00. The molecule has 0 saturated heterocycles. The molecule has 1 saturated carbocycles. The van der Waals surface area contributed by atoms with Crippen LogP contribution in [0.3, 0.4) is 0 Å². The van der Waals surface area contributed by atoms with Crippen LogP contribution in [0, 0.1) is 0 Å². The number of fused-ring (bicyclic) bond motifs is 1. The van der Waals surface area contributed by atoms with Crippen molar-refractivity contribution in [2.75, 3.05) is 13.3 Å². The molecule has 1 aromatic carbocycles. The van der Waals surface area contributed by atoms with Crippen molar-refractivity contribution in [3.8, 4) is 22.8 Å². The van der Waals surface area contributed by atoms with Crippen LogP contribution < -0.4 is 14.8 Å². The third-order valence-electron chi connectivity index (χ3n) is 4.91. The van der Waals surface area contributed by atoms with Gasteiger partial charge in [0.1, 0.15) is 0 Å². The Labute approximate surface area is 146 Å². The molecule has 2 heterocycles. The van der Waals surface area contributed by atoms with E-state index in [1.807, 2.05) is 24.3 Å². The molecule has 0 atom stereocenters. The van der Waals surface area contributed by atoms with Crippen LogP contribution in [0.5, 0.6) is 11.5 Å². The SMILES string of the molecule is CCCCCNC(=O)C1(c2cc(-c3ccc4c(c3)OCO4)on2)CC1. The van der Waals surface area contributed by atoms with E-state index in [1.165, 1.54) is 0 Å². The normalized spacial score (nSPS) is 16.7. The highest BCUT2D eigenvalue weighted by Crippen LogP contribution is 2.49. The van der Waals surface area contributed by atoms with Crippen LogP contribution in [0.15, 0.2) is 28.8 Å². The lowest BCUT2D eigenvalue weighted by Gasteiger charge is -2.12. The van der Waals surface area contributed by atoms with Crippen molar-refractivity contribution in [1.82, 2.24) is 10.5 Å². The maximum absolute atomic E-state index is 12.6. The zero-order valence-corrected chi connectivity index (χ0v) is 14.3. The molecule has 2 aromatic rings. The highest BCUT2D eigenvalue weighted by molar-refractivity contribution is 5.91. The molecule has 6 nitrogen and oxygen atoms in total. The Kier molecular flexibility index (Phi) is 4.11. The molecule has 1 fully saturated rings. The number of ether oxygens (including phenoxy) is 2. The van der Waals surface area contributed by atoms with Crippen molar-refractivity contribution in [2.24, 2.45) is 0 Å². The predicted molar refractivity (Wildman–Crippen MR) is 91.5 cm³/mol. The van der Waals surface area contributed by atoms with E-state index in [-0.39, 0.29) is 12.7 Å². The molecule has 0 spiro atoms. The number of rotatable bonds is 7. The van der Waals surface area contributed by atoms with Gasteiger partial charge in [-0.1, -0.05) is 24.9 Å². The first kappa shape index (κ1) is 16.0. The lowest BCUT2D eigenvalue weighted by Crippen LogP contribution is -2.35. The number of carbonyl (C=O) groups is 1. The van der Waals surface area contributed by atoms with Gasteiger partial charge in [-0.05, 0) is 37.5 Å². The Morgan fingerprint density at radius 2 is 2.04 bits per heavy atom. The van der Waals surface area contributed by atoms with Gasteiger partial charge < -0.3 is 19.3 Å². The summed E-state index contributed by atoms with van der Waals surface area (Å²) in [5.41, 5.74) is 1.07. The van der Waals surface area contributed by atoms with E-state index in [1.54, 1.807) is 0 Å². The van der Waals surface area contributed by atoms with E-state index in [2.05, 4.69) is 17.4 Å². The molecule has 0 bridgehead atoms. The second-order valence-corrected chi connectivity index (χ2v) is 6.69. The maximum atomic E-state index is 12.6. The molecule has 0 unspecified atom stereocenters. The number of hydrogen-bond acceptors (Lipinski definition) is 5. The van der Waals surface area contributed by atoms with E-state index >= 15 is 0 Å². The van der Waals surface area contributed by atoms with Gasteiger partial charge in [0.15, 0.2) is 17.3 Å². The van der Waals surface area contributed by atoms with Crippen molar-refractivity contribution < 1.29 is 18.8 Å². The fourth-order valence-electron chi connectivity index (χ4n) is 3.16. The second-order valence-electron chi connectivity index (χ2n) is 6.69. The van der Waals surface area contributed by atoms with E-state index in [0.717, 1.165) is 50.0 Å². The molecule has 1 aromatic heterocycles. The number of aromatic nitrogens is 1. The molecule has 0 radical (unpaired) electrons. The van der Waals surface area contributed by atoms with Crippen LogP contribution in [0.1, 0.15) is 44.7 Å². The molecular weight excluding hydrogens is 320 g/mol. The molecule has 1 amide bonds. The number of carbonyl (C=O) groups excluding carboxylic acids is 1. The zero-order valence-electron chi connectivity index (χ0n) is 14.3. The van der Waals surface area contributed by atoms with Gasteiger partial charge in [-0.25, -0.2) is 0 Å². The van der Waals surface area contributed by atoms with Crippen LogP contribution in [0.25, 0.3) is 11.3 Å². The average Bonchev–Trinajstić information content (AvgIpc) is 3.08. The van der Waals surface area contributed by atoms with Crippen molar-refractivity contribution in [1.29, 1.82) is 0 Å². The third-order valence-corrected chi connectivity index (χ3v) is 4.91. The summed E-state index contributed by atoms with van der Waals surface area (Å²) >= 11 is 0. The summed E-state index contributed by atoms with van der Waals surface area (Å²) in [7, 11) is 0. The molecular formula is C19H22N2O4. The Balaban J connectivity index is 1.48. The highest BCUT2D eigenvalue weighted by atomic mass is 16.7. The van der Waals surface area contributed by atoms with Gasteiger partial charge >= 0.3 is 0 Å². The van der Waals surface area contributed by atoms with Gasteiger partial charge in [-0.3, -0.25) is 4.79 Å². The van der Waals surface area contributed by atoms with Crippen molar-refractivity contribution in [2.45, 2.75) is 44.4 Å². The van der Waals surface area contributed by atoms with Gasteiger partial charge in [0.05, 0.1) is 11.1 Å². The smallest absolute Gasteiger partial charge is 0.232 e. The van der Waals surface area contributed by atoms with Crippen LogP contribution >= 0.6 is 0 Å². The van der Waals surface area contributed by atoms with E-state index in [0.29, 0.717) is 17.2 Å². The Morgan fingerprint density at radius 1 is 1.20 bits per heavy atom. The summed E-state index contributed by atoms with van der Waals surface area (Å²) in [5, 5.41) is 7.22. The van der Waals surface area contributed by atoms with E-state index in [4.69, 9.17) is 14.0 Å². The Hall–Kier alpha value is -2.50. The van der Waals surface area contributed by atoms with Gasteiger partial charge in [-0.2, -0.15) is 0 Å². The zero-order chi connectivity index (χ0) is 17.3. The minimum Gasteiger partial charge on any atom is -0.454 e. The average molecular weight is 342 g/mol. The summed E-state index contributed by atoms with van der Waals surface area (Å²) < 4.78 is 16.2. The van der Waals surface area contributed by atoms with Crippen molar-refractivity contribution >= 4 is 5.91 Å². The van der Waals surface area contributed by atoms with Crippen molar-refractivity contribution in [3.63, 3.8) is 0 Å². The molecule has 1 N–H and O–H groups in total. The summed E-state index contributed by atoms with van der Waals surface area (Å²) in [6.07, 6.45) is 4.92. The fraction of sp³-hybridized carbons (Fsp3) is 0.474. The summed E-state index contributed by atoms with van der Waals surface area (Å²) in [6.45, 7) is 3.11. The number of benzene rings is 1. The van der Waals surface area contributed by atoms with Crippen LogP contribution in [-0.2, 0) is 10.2 Å². The van der Waals surface area contributed by atoms with Crippen molar-refractivity contribution in [3.05, 3.63) is 30.0 Å². The largest absolute Gasteiger partial charge is 0.454 e. The minimum atomic E-state index is -0.510. The molecule has 6 heteroatoms. The quantitative estimate of drug-likeness (QED) is 0.781. The number of hydrogen-bond donors (Lipinski definition) is 1.